The molecule has 5 nitrogen and oxygen atoms in total. The van der Waals surface area contributed by atoms with Crippen molar-refractivity contribution in [2.24, 2.45) is 5.92 Å². The predicted octanol–water partition coefficient (Wildman–Crippen LogP) is 3.12. The van der Waals surface area contributed by atoms with E-state index in [4.69, 9.17) is 11.6 Å². The van der Waals surface area contributed by atoms with Gasteiger partial charge in [-0.05, 0) is 24.5 Å². The molecule has 0 radical (unpaired) electrons. The van der Waals surface area contributed by atoms with Gasteiger partial charge in [0.2, 0.25) is 0 Å². The zero-order valence-electron chi connectivity index (χ0n) is 11.2. The van der Waals surface area contributed by atoms with Crippen LogP contribution in [0, 0.1) is 21.8 Å². The first kappa shape index (κ1) is 16.4. The fraction of sp³-hybridized carbons (Fsp3) is 0.462. The predicted molar refractivity (Wildman–Crippen MR) is 74.5 cm³/mol. The number of rotatable bonds is 6. The molecule has 1 aromatic rings. The molecule has 1 amide bonds. The maximum Gasteiger partial charge on any atom is 0.282 e. The van der Waals surface area contributed by atoms with Crippen LogP contribution in [-0.4, -0.2) is 22.8 Å². The lowest BCUT2D eigenvalue weighted by molar-refractivity contribution is -0.385. The van der Waals surface area contributed by atoms with Gasteiger partial charge in [-0.3, -0.25) is 14.9 Å². The molecule has 1 unspecified atom stereocenters. The van der Waals surface area contributed by atoms with Crippen LogP contribution in [0.4, 0.5) is 10.1 Å². The van der Waals surface area contributed by atoms with E-state index in [0.717, 1.165) is 18.2 Å². The molecule has 0 heterocycles. The van der Waals surface area contributed by atoms with Crippen molar-refractivity contribution in [1.82, 2.24) is 5.32 Å². The number of amides is 1. The Bertz CT molecular complexity index is 508. The molecule has 20 heavy (non-hydrogen) atoms. The molecule has 0 saturated carbocycles. The van der Waals surface area contributed by atoms with E-state index in [-0.39, 0.29) is 17.5 Å². The number of carbonyl (C=O) groups is 1. The van der Waals surface area contributed by atoms with Crippen LogP contribution in [0.1, 0.15) is 30.6 Å². The SMILES string of the molecule is CC(C)CC(CCl)NC(=O)c1cc(F)ccc1[N+](=O)[O-]. The molecule has 7 heteroatoms. The van der Waals surface area contributed by atoms with Gasteiger partial charge in [-0.25, -0.2) is 4.39 Å². The van der Waals surface area contributed by atoms with Crippen molar-refractivity contribution in [3.63, 3.8) is 0 Å². The molecule has 1 N–H and O–H groups in total. The van der Waals surface area contributed by atoms with Gasteiger partial charge >= 0.3 is 0 Å². The Balaban J connectivity index is 2.96. The monoisotopic (exact) mass is 302 g/mol. The van der Waals surface area contributed by atoms with Crippen molar-refractivity contribution < 1.29 is 14.1 Å². The van der Waals surface area contributed by atoms with Crippen LogP contribution in [0.2, 0.25) is 0 Å². The van der Waals surface area contributed by atoms with E-state index >= 15 is 0 Å². The van der Waals surface area contributed by atoms with Crippen LogP contribution >= 0.6 is 11.6 Å². The van der Waals surface area contributed by atoms with Gasteiger partial charge in [-0.15, -0.1) is 11.6 Å². The third-order valence-corrected chi connectivity index (χ3v) is 3.05. The summed E-state index contributed by atoms with van der Waals surface area (Å²) >= 11 is 5.75. The number of alkyl halides is 1. The molecule has 0 spiro atoms. The molecular formula is C13H16ClFN2O3. The maximum atomic E-state index is 13.2. The first-order valence-electron chi connectivity index (χ1n) is 6.16. The summed E-state index contributed by atoms with van der Waals surface area (Å²) < 4.78 is 13.2. The summed E-state index contributed by atoms with van der Waals surface area (Å²) in [5.74, 6) is -0.899. The van der Waals surface area contributed by atoms with Crippen LogP contribution in [0.25, 0.3) is 0 Å². The van der Waals surface area contributed by atoms with E-state index in [2.05, 4.69) is 5.32 Å². The van der Waals surface area contributed by atoms with Crippen molar-refractivity contribution in [1.29, 1.82) is 0 Å². The zero-order valence-corrected chi connectivity index (χ0v) is 12.0. The van der Waals surface area contributed by atoms with E-state index in [0.29, 0.717) is 12.3 Å². The second-order valence-corrected chi connectivity index (χ2v) is 5.18. The third kappa shape index (κ3) is 4.45. The fourth-order valence-electron chi connectivity index (χ4n) is 1.84. The third-order valence-electron chi connectivity index (χ3n) is 2.68. The molecule has 1 rings (SSSR count). The number of nitro benzene ring substituents is 1. The second-order valence-electron chi connectivity index (χ2n) is 4.87. The van der Waals surface area contributed by atoms with Gasteiger partial charge < -0.3 is 5.32 Å². The Kier molecular flexibility index (Phi) is 5.88. The number of halogens is 2. The summed E-state index contributed by atoms with van der Waals surface area (Å²) in [6, 6.07) is 2.46. The first-order chi connectivity index (χ1) is 9.35. The summed E-state index contributed by atoms with van der Waals surface area (Å²) in [4.78, 5) is 22.2. The minimum Gasteiger partial charge on any atom is -0.348 e. The van der Waals surface area contributed by atoms with Gasteiger partial charge in [0.1, 0.15) is 11.4 Å². The molecule has 1 aromatic carbocycles. The normalized spacial score (nSPS) is 12.2. The van der Waals surface area contributed by atoms with Crippen molar-refractivity contribution in [2.45, 2.75) is 26.3 Å². The van der Waals surface area contributed by atoms with Gasteiger partial charge in [0.05, 0.1) is 4.92 Å². The average Bonchev–Trinajstić information content (AvgIpc) is 2.36. The van der Waals surface area contributed by atoms with Gasteiger partial charge in [-0.2, -0.15) is 0 Å². The van der Waals surface area contributed by atoms with E-state index in [1.165, 1.54) is 0 Å². The molecule has 1 atom stereocenters. The van der Waals surface area contributed by atoms with Gasteiger partial charge in [0, 0.05) is 18.0 Å². The van der Waals surface area contributed by atoms with E-state index in [1.807, 2.05) is 13.8 Å². The number of nitrogens with zero attached hydrogens (tertiary/aromatic N) is 1. The highest BCUT2D eigenvalue weighted by molar-refractivity contribution is 6.18. The minimum absolute atomic E-state index is 0.188. The summed E-state index contributed by atoms with van der Waals surface area (Å²) in [6.07, 6.45) is 0.637. The number of hydrogen-bond acceptors (Lipinski definition) is 3. The van der Waals surface area contributed by atoms with Crippen LogP contribution in [0.3, 0.4) is 0 Å². The molecule has 110 valence electrons. The van der Waals surface area contributed by atoms with Crippen molar-refractivity contribution in [2.75, 3.05) is 5.88 Å². The topological polar surface area (TPSA) is 72.2 Å². The smallest absolute Gasteiger partial charge is 0.282 e. The Labute approximate surface area is 121 Å². The lowest BCUT2D eigenvalue weighted by atomic mass is 10.0. The van der Waals surface area contributed by atoms with E-state index in [9.17, 15) is 19.3 Å². The maximum absolute atomic E-state index is 13.2. The van der Waals surface area contributed by atoms with Crippen LogP contribution in [0.15, 0.2) is 18.2 Å². The van der Waals surface area contributed by atoms with Gasteiger partial charge in [0.15, 0.2) is 0 Å². The Morgan fingerprint density at radius 3 is 2.65 bits per heavy atom. The molecule has 0 saturated heterocycles. The first-order valence-corrected chi connectivity index (χ1v) is 6.69. The number of hydrogen-bond donors (Lipinski definition) is 1. The average molecular weight is 303 g/mol. The van der Waals surface area contributed by atoms with Crippen molar-refractivity contribution >= 4 is 23.2 Å². The van der Waals surface area contributed by atoms with Crippen LogP contribution in [-0.2, 0) is 0 Å². The summed E-state index contributed by atoms with van der Waals surface area (Å²) in [5, 5.41) is 13.4. The molecule has 0 aliphatic heterocycles. The molecule has 0 fully saturated rings. The highest BCUT2D eigenvalue weighted by atomic mass is 35.5. The zero-order chi connectivity index (χ0) is 15.3. The standard InChI is InChI=1S/C13H16ClFN2O3/c1-8(2)5-10(7-14)16-13(18)11-6-9(15)3-4-12(11)17(19)20/h3-4,6,8,10H,5,7H2,1-2H3,(H,16,18). The van der Waals surface area contributed by atoms with Crippen molar-refractivity contribution in [3.8, 4) is 0 Å². The molecule has 0 bridgehead atoms. The summed E-state index contributed by atoms with van der Waals surface area (Å²) in [6.45, 7) is 3.94. The number of benzene rings is 1. The molecule has 0 aliphatic carbocycles. The van der Waals surface area contributed by atoms with Crippen LogP contribution in [0.5, 0.6) is 0 Å². The number of carbonyl (C=O) groups excluding carboxylic acids is 1. The quantitative estimate of drug-likeness (QED) is 0.498. The lowest BCUT2D eigenvalue weighted by Crippen LogP contribution is -2.37. The second kappa shape index (κ2) is 7.19. The van der Waals surface area contributed by atoms with Crippen LogP contribution < -0.4 is 5.32 Å². The number of nitrogens with one attached hydrogen (secondary N) is 1. The molecule has 0 aromatic heterocycles. The Hall–Kier alpha value is -1.69. The largest absolute Gasteiger partial charge is 0.348 e. The Morgan fingerprint density at radius 2 is 2.15 bits per heavy atom. The fourth-order valence-corrected chi connectivity index (χ4v) is 2.05. The summed E-state index contributed by atoms with van der Waals surface area (Å²) in [5.41, 5.74) is -0.726. The minimum atomic E-state index is -0.716. The van der Waals surface area contributed by atoms with Crippen molar-refractivity contribution in [3.05, 3.63) is 39.7 Å². The Morgan fingerprint density at radius 1 is 1.50 bits per heavy atom. The van der Waals surface area contributed by atoms with E-state index in [1.54, 1.807) is 0 Å². The molecule has 0 aliphatic rings. The molecular weight excluding hydrogens is 287 g/mol. The summed E-state index contributed by atoms with van der Waals surface area (Å²) in [7, 11) is 0. The lowest BCUT2D eigenvalue weighted by Gasteiger charge is -2.18. The van der Waals surface area contributed by atoms with Gasteiger partial charge in [-0.1, -0.05) is 13.8 Å². The highest BCUT2D eigenvalue weighted by Gasteiger charge is 2.23. The van der Waals surface area contributed by atoms with Gasteiger partial charge in [0.25, 0.3) is 11.6 Å². The van der Waals surface area contributed by atoms with E-state index < -0.39 is 22.3 Å². The highest BCUT2D eigenvalue weighted by Crippen LogP contribution is 2.20. The number of nitro groups is 1.